The van der Waals surface area contributed by atoms with Crippen molar-refractivity contribution >= 4 is 27.4 Å². The number of carbonyl (C=O) groups excluding carboxylic acids is 2. The van der Waals surface area contributed by atoms with Gasteiger partial charge in [0.15, 0.2) is 28.0 Å². The minimum atomic E-state index is -3.22. The van der Waals surface area contributed by atoms with E-state index in [-0.39, 0.29) is 22.8 Å². The van der Waals surface area contributed by atoms with Crippen LogP contribution in [-0.2, 0) is 19.4 Å². The Bertz CT molecular complexity index is 1010. The lowest BCUT2D eigenvalue weighted by atomic mass is 10.2. The highest BCUT2D eigenvalue weighted by molar-refractivity contribution is 7.91. The lowest BCUT2D eigenvalue weighted by Crippen LogP contribution is -2.43. The number of anilines is 1. The lowest BCUT2D eigenvalue weighted by Gasteiger charge is -2.28. The minimum absolute atomic E-state index is 0.000801. The van der Waals surface area contributed by atoms with E-state index in [9.17, 15) is 22.4 Å². The van der Waals surface area contributed by atoms with Crippen LogP contribution in [0.3, 0.4) is 0 Å². The summed E-state index contributed by atoms with van der Waals surface area (Å²) < 4.78 is 47.3. The summed E-state index contributed by atoms with van der Waals surface area (Å²) in [7, 11) is -1.92. The number of benzene rings is 2. The SMILES string of the molecule is COc1ccc(C(=O)OCC(=O)N(c2ccccc2)C2CCS(=O)(=O)C2)cc1F. The first-order valence-electron chi connectivity index (χ1n) is 8.89. The Labute approximate surface area is 168 Å². The van der Waals surface area contributed by atoms with E-state index in [4.69, 9.17) is 9.47 Å². The maximum absolute atomic E-state index is 13.8. The van der Waals surface area contributed by atoms with Gasteiger partial charge in [0, 0.05) is 5.69 Å². The van der Waals surface area contributed by atoms with E-state index < -0.39 is 40.2 Å². The molecule has 2 aromatic rings. The molecule has 154 valence electrons. The molecule has 29 heavy (non-hydrogen) atoms. The molecule has 0 spiro atoms. The van der Waals surface area contributed by atoms with Crippen molar-refractivity contribution in [2.45, 2.75) is 12.5 Å². The number of para-hydroxylation sites is 1. The normalized spacial score (nSPS) is 17.5. The molecular weight excluding hydrogens is 401 g/mol. The molecule has 1 aliphatic rings. The molecule has 0 N–H and O–H groups in total. The van der Waals surface area contributed by atoms with Crippen LogP contribution < -0.4 is 9.64 Å². The van der Waals surface area contributed by atoms with Crippen LogP contribution in [0.1, 0.15) is 16.8 Å². The molecular formula is C20H20FNO6S. The van der Waals surface area contributed by atoms with Gasteiger partial charge in [-0.3, -0.25) is 4.79 Å². The van der Waals surface area contributed by atoms with Gasteiger partial charge in [0.05, 0.1) is 30.2 Å². The van der Waals surface area contributed by atoms with Crippen molar-refractivity contribution in [3.8, 4) is 5.75 Å². The van der Waals surface area contributed by atoms with E-state index in [2.05, 4.69) is 0 Å². The molecule has 0 radical (unpaired) electrons. The van der Waals surface area contributed by atoms with Gasteiger partial charge in [-0.15, -0.1) is 0 Å². The molecule has 2 aromatic carbocycles. The maximum Gasteiger partial charge on any atom is 0.338 e. The van der Waals surface area contributed by atoms with Gasteiger partial charge in [-0.25, -0.2) is 17.6 Å². The number of sulfone groups is 1. The summed E-state index contributed by atoms with van der Waals surface area (Å²) in [4.78, 5) is 26.3. The van der Waals surface area contributed by atoms with Gasteiger partial charge < -0.3 is 14.4 Å². The molecule has 0 bridgehead atoms. The second kappa shape index (κ2) is 8.60. The van der Waals surface area contributed by atoms with Crippen LogP contribution in [0.4, 0.5) is 10.1 Å². The summed E-state index contributed by atoms with van der Waals surface area (Å²) in [5.74, 6) is -2.32. The molecule has 9 heteroatoms. The van der Waals surface area contributed by atoms with Gasteiger partial charge in [0.1, 0.15) is 0 Å². The van der Waals surface area contributed by atoms with Gasteiger partial charge in [-0.05, 0) is 36.8 Å². The van der Waals surface area contributed by atoms with Crippen LogP contribution in [0, 0.1) is 5.82 Å². The number of amides is 1. The second-order valence-electron chi connectivity index (χ2n) is 6.58. The third-order valence-corrected chi connectivity index (χ3v) is 6.34. The van der Waals surface area contributed by atoms with Crippen molar-refractivity contribution in [1.29, 1.82) is 0 Å². The first-order valence-corrected chi connectivity index (χ1v) is 10.7. The molecule has 0 saturated carbocycles. The number of methoxy groups -OCH3 is 1. The molecule has 0 aromatic heterocycles. The second-order valence-corrected chi connectivity index (χ2v) is 8.81. The van der Waals surface area contributed by atoms with Crippen LogP contribution in [0.5, 0.6) is 5.75 Å². The van der Waals surface area contributed by atoms with Gasteiger partial charge in [0.2, 0.25) is 0 Å². The molecule has 1 saturated heterocycles. The molecule has 1 fully saturated rings. The van der Waals surface area contributed by atoms with Crippen LogP contribution in [0.15, 0.2) is 48.5 Å². The number of esters is 1. The monoisotopic (exact) mass is 421 g/mol. The summed E-state index contributed by atoms with van der Waals surface area (Å²) in [5, 5.41) is 0. The first-order chi connectivity index (χ1) is 13.8. The zero-order valence-electron chi connectivity index (χ0n) is 15.7. The van der Waals surface area contributed by atoms with Gasteiger partial charge in [-0.2, -0.15) is 0 Å². The smallest absolute Gasteiger partial charge is 0.338 e. The molecule has 1 aliphatic heterocycles. The maximum atomic E-state index is 13.8. The molecule has 7 nitrogen and oxygen atoms in total. The number of rotatable bonds is 6. The standard InChI is InChI=1S/C20H20FNO6S/c1-27-18-8-7-14(11-17(18)21)20(24)28-12-19(23)22(15-5-3-2-4-6-15)16-9-10-29(25,26)13-16/h2-8,11,16H,9-10,12-13H2,1H3. The van der Waals surface area contributed by atoms with Gasteiger partial charge in [-0.1, -0.05) is 18.2 Å². The summed E-state index contributed by atoms with van der Waals surface area (Å²) in [6, 6.07) is 11.6. The van der Waals surface area contributed by atoms with E-state index in [1.54, 1.807) is 30.3 Å². The van der Waals surface area contributed by atoms with Gasteiger partial charge in [0.25, 0.3) is 5.91 Å². The lowest BCUT2D eigenvalue weighted by molar-refractivity contribution is -0.122. The Kier molecular flexibility index (Phi) is 6.17. The van der Waals surface area contributed by atoms with Crippen LogP contribution in [0.25, 0.3) is 0 Å². The number of hydrogen-bond acceptors (Lipinski definition) is 6. The Morgan fingerprint density at radius 1 is 1.17 bits per heavy atom. The average Bonchev–Trinajstić information content (AvgIpc) is 3.06. The largest absolute Gasteiger partial charge is 0.494 e. The number of carbonyl (C=O) groups is 2. The van der Waals surface area contributed by atoms with Crippen molar-refractivity contribution in [1.82, 2.24) is 0 Å². The van der Waals surface area contributed by atoms with Crippen molar-refractivity contribution < 1.29 is 31.9 Å². The van der Waals surface area contributed by atoms with E-state index in [1.165, 1.54) is 24.1 Å². The third-order valence-electron chi connectivity index (χ3n) is 4.59. The van der Waals surface area contributed by atoms with E-state index in [0.29, 0.717) is 12.1 Å². The quantitative estimate of drug-likeness (QED) is 0.665. The topological polar surface area (TPSA) is 90.0 Å². The predicted molar refractivity (Wildman–Crippen MR) is 104 cm³/mol. The minimum Gasteiger partial charge on any atom is -0.494 e. The predicted octanol–water partition coefficient (Wildman–Crippen LogP) is 2.21. The zero-order valence-corrected chi connectivity index (χ0v) is 16.5. The van der Waals surface area contributed by atoms with Crippen LogP contribution in [-0.4, -0.2) is 51.6 Å². The Morgan fingerprint density at radius 3 is 2.48 bits per heavy atom. The fraction of sp³-hybridized carbons (Fsp3) is 0.300. The third kappa shape index (κ3) is 4.92. The van der Waals surface area contributed by atoms with Crippen molar-refractivity contribution in [2.24, 2.45) is 0 Å². The average molecular weight is 421 g/mol. The molecule has 1 heterocycles. The fourth-order valence-electron chi connectivity index (χ4n) is 3.20. The Hall–Kier alpha value is -2.94. The molecule has 1 unspecified atom stereocenters. The zero-order chi connectivity index (χ0) is 21.0. The number of ether oxygens (including phenoxy) is 2. The van der Waals surface area contributed by atoms with Crippen LogP contribution in [0.2, 0.25) is 0 Å². The molecule has 0 aliphatic carbocycles. The summed E-state index contributed by atoms with van der Waals surface area (Å²) >= 11 is 0. The summed E-state index contributed by atoms with van der Waals surface area (Å²) in [5.41, 5.74) is 0.456. The molecule has 1 atom stereocenters. The van der Waals surface area contributed by atoms with E-state index in [0.717, 1.165) is 6.07 Å². The first kappa shape index (κ1) is 20.8. The van der Waals surface area contributed by atoms with E-state index in [1.807, 2.05) is 0 Å². The Balaban J connectivity index is 1.73. The molecule has 1 amide bonds. The number of halogens is 1. The van der Waals surface area contributed by atoms with E-state index >= 15 is 0 Å². The highest BCUT2D eigenvalue weighted by atomic mass is 32.2. The molecule has 3 rings (SSSR count). The number of hydrogen-bond donors (Lipinski definition) is 0. The van der Waals surface area contributed by atoms with Crippen molar-refractivity contribution in [3.05, 3.63) is 59.9 Å². The van der Waals surface area contributed by atoms with Crippen molar-refractivity contribution in [2.75, 3.05) is 30.1 Å². The number of nitrogens with zero attached hydrogens (tertiary/aromatic N) is 1. The Morgan fingerprint density at radius 2 is 1.90 bits per heavy atom. The van der Waals surface area contributed by atoms with Crippen LogP contribution >= 0.6 is 0 Å². The van der Waals surface area contributed by atoms with Gasteiger partial charge >= 0.3 is 5.97 Å². The summed E-state index contributed by atoms with van der Waals surface area (Å²) in [6.45, 7) is -0.599. The highest BCUT2D eigenvalue weighted by Crippen LogP contribution is 2.25. The highest BCUT2D eigenvalue weighted by Gasteiger charge is 2.35. The fourth-order valence-corrected chi connectivity index (χ4v) is 4.90. The summed E-state index contributed by atoms with van der Waals surface area (Å²) in [6.07, 6.45) is 0.306. The van der Waals surface area contributed by atoms with Crippen molar-refractivity contribution in [3.63, 3.8) is 0 Å².